The highest BCUT2D eigenvalue weighted by molar-refractivity contribution is 14.2. The van der Waals surface area contributed by atoms with Gasteiger partial charge in [-0.3, -0.25) is 4.79 Å². The van der Waals surface area contributed by atoms with Crippen molar-refractivity contribution in [1.82, 2.24) is 34.4 Å². The van der Waals surface area contributed by atoms with Crippen LogP contribution in [0.25, 0.3) is 28.4 Å². The number of aromatic nitrogens is 6. The van der Waals surface area contributed by atoms with E-state index >= 15 is 0 Å². The van der Waals surface area contributed by atoms with Gasteiger partial charge in [0, 0.05) is 31.2 Å². The lowest BCUT2D eigenvalue weighted by molar-refractivity contribution is -0.119. The zero-order valence-corrected chi connectivity index (χ0v) is 18.3. The zero-order chi connectivity index (χ0) is 19.6. The first-order valence-corrected chi connectivity index (χ1v) is 12.1. The van der Waals surface area contributed by atoms with Crippen LogP contribution in [-0.4, -0.2) is 60.5 Å². The fourth-order valence-electron chi connectivity index (χ4n) is 2.45. The number of hydrogen-bond donors (Lipinski definition) is 0. The average molecular weight is 499 g/mol. The van der Waals surface area contributed by atoms with E-state index in [9.17, 15) is 4.79 Å². The van der Waals surface area contributed by atoms with Crippen molar-refractivity contribution in [2.45, 2.75) is 13.0 Å². The van der Waals surface area contributed by atoms with Crippen molar-refractivity contribution in [3.05, 3.63) is 24.5 Å². The first-order chi connectivity index (χ1) is 13.0. The molecule has 0 bridgehead atoms. The predicted octanol–water partition coefficient (Wildman–Crippen LogP) is 2.52. The Morgan fingerprint density at radius 3 is 2.89 bits per heavy atom. The van der Waals surface area contributed by atoms with Crippen LogP contribution >= 0.6 is 28.4 Å². The number of hydrogen-bond acceptors (Lipinski definition) is 6. The zero-order valence-electron chi connectivity index (χ0n) is 15.1. The first-order valence-electron chi connectivity index (χ1n) is 8.08. The quantitative estimate of drug-likeness (QED) is 0.269. The second-order valence-corrected chi connectivity index (χ2v) is 7.99. The van der Waals surface area contributed by atoms with Gasteiger partial charge in [-0.05, 0) is 41.1 Å². The van der Waals surface area contributed by atoms with E-state index in [0.29, 0.717) is 24.6 Å². The number of amides is 1. The van der Waals surface area contributed by atoms with E-state index in [-0.39, 0.29) is 6.04 Å². The van der Waals surface area contributed by atoms with E-state index in [2.05, 4.69) is 48.9 Å². The second-order valence-electron chi connectivity index (χ2n) is 5.95. The molecule has 3 rings (SSSR count). The molecule has 0 spiro atoms. The van der Waals surface area contributed by atoms with Gasteiger partial charge in [0.1, 0.15) is 6.61 Å². The molecule has 0 aromatic carbocycles. The number of halogens is 1. The lowest BCUT2D eigenvalue weighted by atomic mass is 10.1. The third-order valence-electron chi connectivity index (χ3n) is 4.10. The fourth-order valence-corrected chi connectivity index (χ4v) is 3.86. The van der Waals surface area contributed by atoms with Crippen molar-refractivity contribution < 1.29 is 9.53 Å². The van der Waals surface area contributed by atoms with Gasteiger partial charge in [-0.1, -0.05) is 6.58 Å². The molecular formula is C16H19IN7O2P. The number of aryl methyl sites for hydroxylation is 1. The second kappa shape index (κ2) is 8.30. The molecule has 0 N–H and O–H groups in total. The van der Waals surface area contributed by atoms with Gasteiger partial charge in [0.05, 0.1) is 18.1 Å². The molecule has 0 saturated carbocycles. The first kappa shape index (κ1) is 19.7. The molecule has 3 heterocycles. The van der Waals surface area contributed by atoms with Crippen molar-refractivity contribution in [2.24, 2.45) is 7.05 Å². The van der Waals surface area contributed by atoms with Crippen LogP contribution in [0.5, 0.6) is 5.88 Å². The van der Waals surface area contributed by atoms with Crippen LogP contribution in [0.3, 0.4) is 0 Å². The Hall–Kier alpha value is -2.07. The number of likely N-dealkylation sites (N-methyl/N-ethyl adjacent to an activating group) is 1. The van der Waals surface area contributed by atoms with Gasteiger partial charge < -0.3 is 9.64 Å². The number of ether oxygens (including phenoxy) is 1. The molecule has 2 unspecified atom stereocenters. The fraction of sp³-hybridized carbons (Fsp3) is 0.312. The van der Waals surface area contributed by atoms with E-state index in [4.69, 9.17) is 4.74 Å². The van der Waals surface area contributed by atoms with Crippen LogP contribution in [0, 0.1) is 0 Å². The molecule has 0 aliphatic rings. The van der Waals surface area contributed by atoms with Gasteiger partial charge in [0.25, 0.3) is 5.88 Å². The molecule has 0 radical (unpaired) electrons. The minimum atomic E-state index is -0.0896. The van der Waals surface area contributed by atoms with Gasteiger partial charge in [0.2, 0.25) is 6.41 Å². The number of fused-ring (bicyclic) bond motifs is 1. The van der Waals surface area contributed by atoms with Crippen LogP contribution in [0.15, 0.2) is 18.8 Å². The molecule has 2 atom stereocenters. The topological polar surface area (TPSA) is 91.0 Å². The highest BCUT2D eigenvalue weighted by Gasteiger charge is 2.18. The average Bonchev–Trinajstić information content (AvgIpc) is 3.24. The summed E-state index contributed by atoms with van der Waals surface area (Å²) in [6, 6.07) is 1.88. The number of rotatable bonds is 8. The minimum absolute atomic E-state index is 0.0896. The summed E-state index contributed by atoms with van der Waals surface area (Å²) >= 11 is 2.26. The standard InChI is InChI=1S/C16H19IN7O2P/c1-5-13-12-6-11(7-18-15(12)24(19-13)27-17)14-16(21-23(4)20-14)26-8-10(2)22(3)9-25/h5-7,9-10,27H,1,8H2,2-4H3. The van der Waals surface area contributed by atoms with Crippen LogP contribution < -0.4 is 4.74 Å². The molecule has 1 amide bonds. The molecule has 11 heteroatoms. The highest BCUT2D eigenvalue weighted by atomic mass is 127. The predicted molar refractivity (Wildman–Crippen MR) is 114 cm³/mol. The largest absolute Gasteiger partial charge is 0.473 e. The summed E-state index contributed by atoms with van der Waals surface area (Å²) < 4.78 is 7.68. The summed E-state index contributed by atoms with van der Waals surface area (Å²) in [5.41, 5.74) is 2.94. The molecule has 3 aromatic heterocycles. The summed E-state index contributed by atoms with van der Waals surface area (Å²) in [5.74, 6) is 0.396. The number of nitrogens with zero attached hydrogens (tertiary/aromatic N) is 7. The van der Waals surface area contributed by atoms with Crippen molar-refractivity contribution in [1.29, 1.82) is 0 Å². The number of carbonyl (C=O) groups excluding carboxylic acids is 1. The molecule has 0 aliphatic heterocycles. The van der Waals surface area contributed by atoms with E-state index in [1.165, 1.54) is 4.80 Å². The summed E-state index contributed by atoms with van der Waals surface area (Å²) in [6.07, 6.45) is 4.66. The minimum Gasteiger partial charge on any atom is -0.473 e. The lowest BCUT2D eigenvalue weighted by Gasteiger charge is -2.19. The van der Waals surface area contributed by atoms with Crippen LogP contribution in [-0.2, 0) is 11.8 Å². The summed E-state index contributed by atoms with van der Waals surface area (Å²) in [7, 11) is 3.44. The Bertz CT molecular complexity index is 987. The van der Waals surface area contributed by atoms with E-state index < -0.39 is 0 Å². The van der Waals surface area contributed by atoms with Crippen molar-refractivity contribution >= 4 is 51.9 Å². The summed E-state index contributed by atoms with van der Waals surface area (Å²) in [6.45, 7) is 6.04. The smallest absolute Gasteiger partial charge is 0.261 e. The van der Waals surface area contributed by atoms with Crippen LogP contribution in [0.1, 0.15) is 12.6 Å². The normalized spacial score (nSPS) is 12.6. The number of pyridine rings is 1. The van der Waals surface area contributed by atoms with Crippen LogP contribution in [0.4, 0.5) is 0 Å². The van der Waals surface area contributed by atoms with Crippen LogP contribution in [0.2, 0.25) is 0 Å². The van der Waals surface area contributed by atoms with Crippen molar-refractivity contribution in [2.75, 3.05) is 13.7 Å². The van der Waals surface area contributed by atoms with E-state index in [1.54, 1.807) is 31.3 Å². The molecular weight excluding hydrogens is 480 g/mol. The van der Waals surface area contributed by atoms with E-state index in [1.807, 2.05) is 17.4 Å². The summed E-state index contributed by atoms with van der Waals surface area (Å²) in [5, 5.41) is 14.1. The maximum Gasteiger partial charge on any atom is 0.261 e. The Labute approximate surface area is 171 Å². The monoisotopic (exact) mass is 499 g/mol. The molecule has 142 valence electrons. The molecule has 0 aliphatic carbocycles. The van der Waals surface area contributed by atoms with Gasteiger partial charge in [0.15, 0.2) is 11.3 Å². The molecule has 0 saturated heterocycles. The molecule has 3 aromatic rings. The Morgan fingerprint density at radius 2 is 2.22 bits per heavy atom. The Morgan fingerprint density at radius 1 is 1.44 bits per heavy atom. The van der Waals surface area contributed by atoms with Gasteiger partial charge in [-0.15, -0.1) is 10.2 Å². The van der Waals surface area contributed by atoms with Gasteiger partial charge in [-0.2, -0.15) is 9.90 Å². The Balaban J connectivity index is 1.97. The molecule has 9 nitrogen and oxygen atoms in total. The van der Waals surface area contributed by atoms with E-state index in [0.717, 1.165) is 28.7 Å². The van der Waals surface area contributed by atoms with Crippen molar-refractivity contribution in [3.8, 4) is 17.1 Å². The number of carbonyl (C=O) groups is 1. The maximum absolute atomic E-state index is 10.9. The highest BCUT2D eigenvalue weighted by Crippen LogP contribution is 2.33. The Kier molecular flexibility index (Phi) is 6.05. The maximum atomic E-state index is 10.9. The van der Waals surface area contributed by atoms with Gasteiger partial charge >= 0.3 is 0 Å². The molecule has 27 heavy (non-hydrogen) atoms. The SMILES string of the molecule is C=Cc1nn(PI)c2ncc(-c3nn(C)nc3OCC(C)N(C)C=O)cc12. The molecule has 0 fully saturated rings. The third-order valence-corrected chi connectivity index (χ3v) is 5.95. The summed E-state index contributed by atoms with van der Waals surface area (Å²) in [4.78, 5) is 18.4. The van der Waals surface area contributed by atoms with Gasteiger partial charge in [-0.25, -0.2) is 9.44 Å². The lowest BCUT2D eigenvalue weighted by Crippen LogP contribution is -2.32. The van der Waals surface area contributed by atoms with Crippen molar-refractivity contribution in [3.63, 3.8) is 0 Å². The third kappa shape index (κ3) is 3.96.